The van der Waals surface area contributed by atoms with E-state index in [1.54, 1.807) is 0 Å². The predicted octanol–water partition coefficient (Wildman–Crippen LogP) is 3.63. The summed E-state index contributed by atoms with van der Waals surface area (Å²) >= 11 is 0. The highest BCUT2D eigenvalue weighted by molar-refractivity contribution is 5.48. The molecular formula is C14H21N. The van der Waals surface area contributed by atoms with Gasteiger partial charge in [-0.3, -0.25) is 0 Å². The zero-order chi connectivity index (χ0) is 10.5. The van der Waals surface area contributed by atoms with Crippen LogP contribution in [0.25, 0.3) is 0 Å². The van der Waals surface area contributed by atoms with Gasteiger partial charge in [0.05, 0.1) is 0 Å². The molecule has 2 rings (SSSR count). The first kappa shape index (κ1) is 10.5. The molecule has 0 amide bonds. The Hall–Kier alpha value is -0.980. The lowest BCUT2D eigenvalue weighted by Crippen LogP contribution is -2.17. The highest BCUT2D eigenvalue weighted by atomic mass is 15.1. The third kappa shape index (κ3) is 2.74. The fraction of sp³-hybridized carbons (Fsp3) is 0.571. The van der Waals surface area contributed by atoms with E-state index in [-0.39, 0.29) is 0 Å². The number of unbranched alkanes of at least 4 members (excludes halogenated alkanes) is 1. The Bertz CT molecular complexity index is 283. The molecule has 0 unspecified atom stereocenters. The van der Waals surface area contributed by atoms with E-state index >= 15 is 0 Å². The third-order valence-electron chi connectivity index (χ3n) is 3.23. The van der Waals surface area contributed by atoms with Crippen LogP contribution in [0.2, 0.25) is 0 Å². The Labute approximate surface area is 93.1 Å². The van der Waals surface area contributed by atoms with Crippen molar-refractivity contribution in [3.63, 3.8) is 0 Å². The average molecular weight is 203 g/mol. The lowest BCUT2D eigenvalue weighted by Gasteiger charge is -2.17. The summed E-state index contributed by atoms with van der Waals surface area (Å²) in [4.78, 5) is 2.49. The van der Waals surface area contributed by atoms with Crippen molar-refractivity contribution in [3.05, 3.63) is 29.8 Å². The molecule has 1 aromatic rings. The van der Waals surface area contributed by atoms with Crippen molar-refractivity contribution in [1.29, 1.82) is 0 Å². The molecule has 1 aromatic carbocycles. The van der Waals surface area contributed by atoms with Crippen molar-refractivity contribution in [2.45, 2.75) is 39.0 Å². The minimum absolute atomic E-state index is 1.23. The van der Waals surface area contributed by atoms with Gasteiger partial charge in [0.15, 0.2) is 0 Å². The van der Waals surface area contributed by atoms with E-state index in [0.717, 1.165) is 0 Å². The van der Waals surface area contributed by atoms with Crippen molar-refractivity contribution in [2.75, 3.05) is 18.0 Å². The standard InChI is InChI=1S/C14H21N/c1-2-3-6-13-7-9-14(10-8-13)15-11-4-5-12-15/h7-10H,2-6,11-12H2,1H3. The van der Waals surface area contributed by atoms with E-state index in [0.29, 0.717) is 0 Å². The van der Waals surface area contributed by atoms with Gasteiger partial charge < -0.3 is 4.90 Å². The van der Waals surface area contributed by atoms with Gasteiger partial charge >= 0.3 is 0 Å². The van der Waals surface area contributed by atoms with Crippen molar-refractivity contribution in [1.82, 2.24) is 0 Å². The number of nitrogens with zero attached hydrogens (tertiary/aromatic N) is 1. The van der Waals surface area contributed by atoms with Gasteiger partial charge in [0.2, 0.25) is 0 Å². The van der Waals surface area contributed by atoms with Crippen molar-refractivity contribution >= 4 is 5.69 Å². The molecule has 0 aliphatic carbocycles. The van der Waals surface area contributed by atoms with Crippen molar-refractivity contribution in [2.24, 2.45) is 0 Å². The van der Waals surface area contributed by atoms with Crippen molar-refractivity contribution in [3.8, 4) is 0 Å². The number of hydrogen-bond acceptors (Lipinski definition) is 1. The molecule has 1 heterocycles. The molecule has 1 nitrogen and oxygen atoms in total. The van der Waals surface area contributed by atoms with Gasteiger partial charge in [-0.1, -0.05) is 25.5 Å². The fourth-order valence-electron chi connectivity index (χ4n) is 2.23. The molecule has 1 aliphatic rings. The lowest BCUT2D eigenvalue weighted by atomic mass is 10.1. The second kappa shape index (κ2) is 5.20. The molecule has 15 heavy (non-hydrogen) atoms. The zero-order valence-electron chi connectivity index (χ0n) is 9.71. The maximum absolute atomic E-state index is 2.49. The number of benzene rings is 1. The van der Waals surface area contributed by atoms with Gasteiger partial charge in [0.1, 0.15) is 0 Å². The molecule has 82 valence electrons. The van der Waals surface area contributed by atoms with E-state index < -0.39 is 0 Å². The molecule has 0 aromatic heterocycles. The fourth-order valence-corrected chi connectivity index (χ4v) is 2.23. The van der Waals surface area contributed by atoms with Gasteiger partial charge in [-0.25, -0.2) is 0 Å². The van der Waals surface area contributed by atoms with Gasteiger partial charge in [0, 0.05) is 18.8 Å². The van der Waals surface area contributed by atoms with Gasteiger partial charge in [-0.2, -0.15) is 0 Å². The SMILES string of the molecule is CCCCc1ccc(N2CCCC2)cc1. The zero-order valence-corrected chi connectivity index (χ0v) is 9.71. The first-order valence-electron chi connectivity index (χ1n) is 6.24. The van der Waals surface area contributed by atoms with Crippen LogP contribution in [0.3, 0.4) is 0 Å². The highest BCUT2D eigenvalue weighted by Gasteiger charge is 2.11. The number of anilines is 1. The number of rotatable bonds is 4. The molecule has 1 heteroatoms. The molecule has 0 saturated carbocycles. The van der Waals surface area contributed by atoms with Crippen LogP contribution >= 0.6 is 0 Å². The maximum atomic E-state index is 2.49. The Kier molecular flexibility index (Phi) is 3.65. The summed E-state index contributed by atoms with van der Waals surface area (Å²) < 4.78 is 0. The molecule has 0 spiro atoms. The largest absolute Gasteiger partial charge is 0.372 e. The highest BCUT2D eigenvalue weighted by Crippen LogP contribution is 2.20. The Morgan fingerprint density at radius 3 is 2.33 bits per heavy atom. The van der Waals surface area contributed by atoms with Crippen LogP contribution in [0, 0.1) is 0 Å². The normalized spacial score (nSPS) is 15.9. The summed E-state index contributed by atoms with van der Waals surface area (Å²) in [5, 5.41) is 0. The van der Waals surface area contributed by atoms with E-state index in [9.17, 15) is 0 Å². The van der Waals surface area contributed by atoms with Gasteiger partial charge in [0.25, 0.3) is 0 Å². The first-order valence-corrected chi connectivity index (χ1v) is 6.24. The van der Waals surface area contributed by atoms with E-state index in [4.69, 9.17) is 0 Å². The summed E-state index contributed by atoms with van der Waals surface area (Å²) in [5.41, 5.74) is 2.90. The minimum Gasteiger partial charge on any atom is -0.372 e. The third-order valence-corrected chi connectivity index (χ3v) is 3.23. The Morgan fingerprint density at radius 1 is 1.07 bits per heavy atom. The van der Waals surface area contributed by atoms with Crippen LogP contribution in [0.1, 0.15) is 38.2 Å². The molecule has 0 bridgehead atoms. The Balaban J connectivity index is 1.96. The van der Waals surface area contributed by atoms with Crippen LogP contribution in [0.5, 0.6) is 0 Å². The molecular weight excluding hydrogens is 182 g/mol. The van der Waals surface area contributed by atoms with Gasteiger partial charge in [-0.15, -0.1) is 0 Å². The summed E-state index contributed by atoms with van der Waals surface area (Å²) in [6.07, 6.45) is 6.54. The monoisotopic (exact) mass is 203 g/mol. The number of aryl methyl sites for hydroxylation is 1. The van der Waals surface area contributed by atoms with E-state index in [1.807, 2.05) is 0 Å². The topological polar surface area (TPSA) is 3.24 Å². The molecule has 1 aliphatic heterocycles. The van der Waals surface area contributed by atoms with Crippen LogP contribution in [0.4, 0.5) is 5.69 Å². The second-order valence-electron chi connectivity index (χ2n) is 4.46. The smallest absolute Gasteiger partial charge is 0.0366 e. The van der Waals surface area contributed by atoms with Crippen LogP contribution in [0.15, 0.2) is 24.3 Å². The van der Waals surface area contributed by atoms with E-state index in [2.05, 4.69) is 36.1 Å². The lowest BCUT2D eigenvalue weighted by molar-refractivity contribution is 0.795. The van der Waals surface area contributed by atoms with E-state index in [1.165, 1.54) is 56.4 Å². The molecule has 1 saturated heterocycles. The molecule has 0 N–H and O–H groups in total. The summed E-state index contributed by atoms with van der Waals surface area (Å²) in [6, 6.07) is 9.17. The Morgan fingerprint density at radius 2 is 1.73 bits per heavy atom. The van der Waals surface area contributed by atoms with Crippen LogP contribution in [-0.4, -0.2) is 13.1 Å². The molecule has 1 fully saturated rings. The first-order chi connectivity index (χ1) is 7.40. The summed E-state index contributed by atoms with van der Waals surface area (Å²) in [6.45, 7) is 4.74. The van der Waals surface area contributed by atoms with Gasteiger partial charge in [-0.05, 0) is 43.4 Å². The quantitative estimate of drug-likeness (QED) is 0.722. The van der Waals surface area contributed by atoms with Crippen LogP contribution < -0.4 is 4.90 Å². The summed E-state index contributed by atoms with van der Waals surface area (Å²) in [7, 11) is 0. The summed E-state index contributed by atoms with van der Waals surface area (Å²) in [5.74, 6) is 0. The van der Waals surface area contributed by atoms with Crippen molar-refractivity contribution < 1.29 is 0 Å². The van der Waals surface area contributed by atoms with Crippen LogP contribution in [-0.2, 0) is 6.42 Å². The average Bonchev–Trinajstić information content (AvgIpc) is 2.80. The maximum Gasteiger partial charge on any atom is 0.0366 e. The molecule has 0 radical (unpaired) electrons. The number of hydrogen-bond donors (Lipinski definition) is 0. The predicted molar refractivity (Wildman–Crippen MR) is 66.5 cm³/mol. The second-order valence-corrected chi connectivity index (χ2v) is 4.46. The molecule has 0 atom stereocenters. The minimum atomic E-state index is 1.23.